The molecule has 0 N–H and O–H groups in total. The zero-order valence-corrected chi connectivity index (χ0v) is 15.3. The summed E-state index contributed by atoms with van der Waals surface area (Å²) in [7, 11) is 0. The van der Waals surface area contributed by atoms with E-state index in [9.17, 15) is 0 Å². The van der Waals surface area contributed by atoms with Crippen LogP contribution in [-0.4, -0.2) is 24.5 Å². The van der Waals surface area contributed by atoms with Gasteiger partial charge in [0.15, 0.2) is 0 Å². The first-order valence-corrected chi connectivity index (χ1v) is 9.22. The Morgan fingerprint density at radius 1 is 0.958 bits per heavy atom. The van der Waals surface area contributed by atoms with E-state index >= 15 is 0 Å². The van der Waals surface area contributed by atoms with Gasteiger partial charge in [-0.25, -0.2) is 0 Å². The Kier molecular flexibility index (Phi) is 3.85. The number of hydrogen-bond donors (Lipinski definition) is 0. The number of fused-ring (bicyclic) bond motifs is 3. The second-order valence-corrected chi connectivity index (χ2v) is 7.51. The summed E-state index contributed by atoms with van der Waals surface area (Å²) in [5.74, 6) is 0.588. The van der Waals surface area contributed by atoms with Crippen molar-refractivity contribution in [1.29, 1.82) is 0 Å². The third-order valence-electron chi connectivity index (χ3n) is 5.83. The molecule has 1 aliphatic heterocycles. The fourth-order valence-corrected chi connectivity index (χ4v) is 4.56. The summed E-state index contributed by atoms with van der Waals surface area (Å²) in [6, 6.07) is 14.0. The molecule has 2 aromatic rings. The molecular weight excluding hydrogens is 290 g/mol. The Balaban J connectivity index is 1.92. The number of aryl methyl sites for hydroxylation is 3. The lowest BCUT2D eigenvalue weighted by molar-refractivity contribution is 0.254. The van der Waals surface area contributed by atoms with Gasteiger partial charge in [-0.3, -0.25) is 0 Å². The Morgan fingerprint density at radius 3 is 2.46 bits per heavy atom. The molecule has 0 amide bonds. The van der Waals surface area contributed by atoms with Crippen molar-refractivity contribution < 1.29 is 0 Å². The standard InChI is InChI=1S/C23H27N/c1-5-24-11-10-20-22(14-24)19-9-7-16(3)13-21(19)23(20)18-8-6-15(2)12-17(18)4/h6-9,12-13,22H,5,10-11,14H2,1-4H3. The predicted octanol–water partition coefficient (Wildman–Crippen LogP) is 5.24. The number of rotatable bonds is 2. The van der Waals surface area contributed by atoms with E-state index < -0.39 is 0 Å². The minimum absolute atomic E-state index is 0.588. The number of nitrogens with zero attached hydrogens (tertiary/aromatic N) is 1. The largest absolute Gasteiger partial charge is 0.302 e. The predicted molar refractivity (Wildman–Crippen MR) is 103 cm³/mol. The van der Waals surface area contributed by atoms with Crippen LogP contribution >= 0.6 is 0 Å². The van der Waals surface area contributed by atoms with Gasteiger partial charge in [0, 0.05) is 19.0 Å². The van der Waals surface area contributed by atoms with Crippen LogP contribution in [0.15, 0.2) is 42.0 Å². The van der Waals surface area contributed by atoms with Gasteiger partial charge in [-0.2, -0.15) is 0 Å². The summed E-state index contributed by atoms with van der Waals surface area (Å²) in [5, 5.41) is 0. The van der Waals surface area contributed by atoms with E-state index in [1.54, 1.807) is 11.1 Å². The molecule has 1 unspecified atom stereocenters. The van der Waals surface area contributed by atoms with E-state index in [1.165, 1.54) is 52.9 Å². The minimum atomic E-state index is 0.588. The fourth-order valence-electron chi connectivity index (χ4n) is 4.56. The average Bonchev–Trinajstić information content (AvgIpc) is 2.87. The molecule has 4 rings (SSSR count). The van der Waals surface area contributed by atoms with Crippen molar-refractivity contribution in [2.45, 2.75) is 40.0 Å². The molecule has 0 saturated carbocycles. The Morgan fingerprint density at radius 2 is 1.71 bits per heavy atom. The van der Waals surface area contributed by atoms with E-state index in [0.717, 1.165) is 6.54 Å². The first-order chi connectivity index (χ1) is 11.6. The van der Waals surface area contributed by atoms with Crippen molar-refractivity contribution >= 4 is 5.57 Å². The Hall–Kier alpha value is -1.86. The fraction of sp³-hybridized carbons (Fsp3) is 0.391. The summed E-state index contributed by atoms with van der Waals surface area (Å²) in [6.07, 6.45) is 1.20. The SMILES string of the molecule is CCN1CCC2=C(c3ccc(C)cc3C)c3cc(C)ccc3C2C1. The normalized spacial score (nSPS) is 20.2. The summed E-state index contributed by atoms with van der Waals surface area (Å²) in [6.45, 7) is 12.5. The van der Waals surface area contributed by atoms with Crippen LogP contribution < -0.4 is 0 Å². The van der Waals surface area contributed by atoms with Crippen molar-refractivity contribution in [2.75, 3.05) is 19.6 Å². The molecule has 0 bridgehead atoms. The van der Waals surface area contributed by atoms with Gasteiger partial charge in [-0.05, 0) is 61.6 Å². The molecule has 0 radical (unpaired) electrons. The van der Waals surface area contributed by atoms with Crippen molar-refractivity contribution in [3.8, 4) is 0 Å². The second-order valence-electron chi connectivity index (χ2n) is 7.51. The zero-order chi connectivity index (χ0) is 16.8. The minimum Gasteiger partial charge on any atom is -0.302 e. The lowest BCUT2D eigenvalue weighted by atomic mass is 9.88. The van der Waals surface area contributed by atoms with Gasteiger partial charge >= 0.3 is 0 Å². The molecule has 1 nitrogen and oxygen atoms in total. The summed E-state index contributed by atoms with van der Waals surface area (Å²) >= 11 is 0. The maximum atomic E-state index is 2.60. The van der Waals surface area contributed by atoms with Gasteiger partial charge in [0.25, 0.3) is 0 Å². The number of benzene rings is 2. The highest BCUT2D eigenvalue weighted by atomic mass is 15.1. The zero-order valence-electron chi connectivity index (χ0n) is 15.3. The molecule has 1 heteroatoms. The molecule has 1 saturated heterocycles. The third kappa shape index (κ3) is 2.43. The molecule has 1 atom stereocenters. The maximum Gasteiger partial charge on any atom is 0.0192 e. The number of piperidine rings is 1. The molecule has 2 aromatic carbocycles. The van der Waals surface area contributed by atoms with E-state index in [4.69, 9.17) is 0 Å². The van der Waals surface area contributed by atoms with Crippen LogP contribution in [0.3, 0.4) is 0 Å². The van der Waals surface area contributed by atoms with Gasteiger partial charge in [0.05, 0.1) is 0 Å². The van der Waals surface area contributed by atoms with Gasteiger partial charge in [-0.1, -0.05) is 60.0 Å². The van der Waals surface area contributed by atoms with Crippen molar-refractivity contribution in [3.05, 3.63) is 75.4 Å². The maximum absolute atomic E-state index is 2.60. The Labute approximate surface area is 146 Å². The monoisotopic (exact) mass is 317 g/mol. The van der Waals surface area contributed by atoms with Crippen LogP contribution in [0.5, 0.6) is 0 Å². The lowest BCUT2D eigenvalue weighted by Gasteiger charge is -2.32. The van der Waals surface area contributed by atoms with E-state index in [1.807, 2.05) is 0 Å². The molecule has 0 aromatic heterocycles. The van der Waals surface area contributed by atoms with Gasteiger partial charge < -0.3 is 4.90 Å². The topological polar surface area (TPSA) is 3.24 Å². The van der Waals surface area contributed by atoms with Crippen molar-refractivity contribution in [3.63, 3.8) is 0 Å². The van der Waals surface area contributed by atoms with Crippen LogP contribution in [0.25, 0.3) is 5.57 Å². The third-order valence-corrected chi connectivity index (χ3v) is 5.83. The highest BCUT2D eigenvalue weighted by Gasteiger charge is 2.35. The van der Waals surface area contributed by atoms with Crippen LogP contribution in [0, 0.1) is 20.8 Å². The Bertz CT molecular complexity index is 828. The van der Waals surface area contributed by atoms with Crippen LogP contribution in [0.1, 0.15) is 52.6 Å². The summed E-state index contributed by atoms with van der Waals surface area (Å²) < 4.78 is 0. The molecule has 24 heavy (non-hydrogen) atoms. The van der Waals surface area contributed by atoms with Gasteiger partial charge in [-0.15, -0.1) is 0 Å². The van der Waals surface area contributed by atoms with Gasteiger partial charge in [0.2, 0.25) is 0 Å². The van der Waals surface area contributed by atoms with Crippen molar-refractivity contribution in [2.24, 2.45) is 0 Å². The summed E-state index contributed by atoms with van der Waals surface area (Å²) in [5.41, 5.74) is 11.8. The quantitative estimate of drug-likeness (QED) is 0.732. The van der Waals surface area contributed by atoms with E-state index in [2.05, 4.69) is 69.0 Å². The molecule has 1 heterocycles. The van der Waals surface area contributed by atoms with Gasteiger partial charge in [0.1, 0.15) is 0 Å². The number of likely N-dealkylation sites (tertiary alicyclic amines) is 1. The van der Waals surface area contributed by atoms with E-state index in [-0.39, 0.29) is 0 Å². The molecule has 124 valence electrons. The first kappa shape index (κ1) is 15.7. The highest BCUT2D eigenvalue weighted by molar-refractivity contribution is 5.90. The van der Waals surface area contributed by atoms with Crippen LogP contribution in [0.4, 0.5) is 0 Å². The molecule has 1 aliphatic carbocycles. The van der Waals surface area contributed by atoms with Crippen molar-refractivity contribution in [1.82, 2.24) is 4.90 Å². The van der Waals surface area contributed by atoms with Crippen LogP contribution in [0.2, 0.25) is 0 Å². The lowest BCUT2D eigenvalue weighted by Crippen LogP contribution is -2.34. The summed E-state index contributed by atoms with van der Waals surface area (Å²) in [4.78, 5) is 2.60. The average molecular weight is 317 g/mol. The number of hydrogen-bond acceptors (Lipinski definition) is 1. The smallest absolute Gasteiger partial charge is 0.0192 e. The highest BCUT2D eigenvalue weighted by Crippen LogP contribution is 2.49. The molecule has 0 spiro atoms. The van der Waals surface area contributed by atoms with E-state index in [0.29, 0.717) is 5.92 Å². The molecule has 2 aliphatic rings. The first-order valence-electron chi connectivity index (χ1n) is 9.22. The second kappa shape index (κ2) is 5.89. The molecular formula is C23H27N. The number of likely N-dealkylation sites (N-methyl/N-ethyl adjacent to an activating group) is 1. The van der Waals surface area contributed by atoms with Crippen LogP contribution in [-0.2, 0) is 0 Å². The molecule has 1 fully saturated rings.